The van der Waals surface area contributed by atoms with Gasteiger partial charge in [0.15, 0.2) is 5.41 Å². The first-order valence-electron chi connectivity index (χ1n) is 8.43. The zero-order chi connectivity index (χ0) is 20.1. The molecule has 4 rings (SSSR count). The lowest BCUT2D eigenvalue weighted by Gasteiger charge is -2.21. The van der Waals surface area contributed by atoms with E-state index in [1.807, 2.05) is 0 Å². The maximum absolute atomic E-state index is 13.3. The number of carbonyl (C=O) groups is 4. The predicted molar refractivity (Wildman–Crippen MR) is 97.5 cm³/mol. The number of anilines is 1. The molecule has 0 saturated carbocycles. The SMILES string of the molecule is O=C(O)CN1C(=O)C2(CC(=O)N(Cc3ccccn3)C2=O)c2cc(Cl)ccc21. The summed E-state index contributed by atoms with van der Waals surface area (Å²) in [5.41, 5.74) is -0.757. The van der Waals surface area contributed by atoms with Gasteiger partial charge in [-0.05, 0) is 30.3 Å². The van der Waals surface area contributed by atoms with Crippen LogP contribution in [-0.4, -0.2) is 45.2 Å². The number of aromatic nitrogens is 1. The number of carbonyl (C=O) groups excluding carboxylic acids is 3. The van der Waals surface area contributed by atoms with Crippen molar-refractivity contribution < 1.29 is 24.3 Å². The maximum Gasteiger partial charge on any atom is 0.323 e. The van der Waals surface area contributed by atoms with Crippen LogP contribution in [0.1, 0.15) is 17.7 Å². The van der Waals surface area contributed by atoms with Gasteiger partial charge >= 0.3 is 5.97 Å². The smallest absolute Gasteiger partial charge is 0.323 e. The summed E-state index contributed by atoms with van der Waals surface area (Å²) in [6.07, 6.45) is 1.17. The largest absolute Gasteiger partial charge is 0.480 e. The molecular formula is C19H14ClN3O5. The number of imide groups is 1. The highest BCUT2D eigenvalue weighted by Gasteiger charge is 2.63. The Kier molecular flexibility index (Phi) is 4.15. The van der Waals surface area contributed by atoms with E-state index in [1.165, 1.54) is 18.2 Å². The minimum Gasteiger partial charge on any atom is -0.480 e. The van der Waals surface area contributed by atoms with Gasteiger partial charge in [0.1, 0.15) is 6.54 Å². The lowest BCUT2D eigenvalue weighted by Crippen LogP contribution is -2.47. The zero-order valence-electron chi connectivity index (χ0n) is 14.5. The third kappa shape index (κ3) is 2.56. The highest BCUT2D eigenvalue weighted by Crippen LogP contribution is 2.49. The van der Waals surface area contributed by atoms with Gasteiger partial charge in [-0.25, -0.2) is 0 Å². The van der Waals surface area contributed by atoms with Crippen molar-refractivity contribution in [2.45, 2.75) is 18.4 Å². The molecule has 1 fully saturated rings. The van der Waals surface area contributed by atoms with E-state index in [-0.39, 0.29) is 29.2 Å². The fraction of sp³-hybridized carbons (Fsp3) is 0.211. The minimum atomic E-state index is -1.79. The van der Waals surface area contributed by atoms with Crippen LogP contribution in [-0.2, 0) is 31.1 Å². The van der Waals surface area contributed by atoms with Crippen molar-refractivity contribution in [3.05, 3.63) is 58.9 Å². The van der Waals surface area contributed by atoms with Crippen LogP contribution in [0.3, 0.4) is 0 Å². The normalized spacial score (nSPS) is 21.0. The number of pyridine rings is 1. The summed E-state index contributed by atoms with van der Waals surface area (Å²) in [7, 11) is 0. The summed E-state index contributed by atoms with van der Waals surface area (Å²) in [5, 5.41) is 9.46. The fourth-order valence-corrected chi connectivity index (χ4v) is 3.94. The molecule has 0 bridgehead atoms. The van der Waals surface area contributed by atoms with Crippen LogP contribution in [0.5, 0.6) is 0 Å². The molecule has 1 aromatic heterocycles. The quantitative estimate of drug-likeness (QED) is 0.614. The van der Waals surface area contributed by atoms with Crippen LogP contribution in [0.2, 0.25) is 5.02 Å². The Morgan fingerprint density at radius 2 is 1.89 bits per heavy atom. The van der Waals surface area contributed by atoms with Gasteiger partial charge in [-0.15, -0.1) is 0 Å². The summed E-state index contributed by atoms with van der Waals surface area (Å²) < 4.78 is 0. The topological polar surface area (TPSA) is 108 Å². The van der Waals surface area contributed by atoms with Crippen molar-refractivity contribution in [1.29, 1.82) is 0 Å². The molecule has 1 saturated heterocycles. The van der Waals surface area contributed by atoms with Crippen molar-refractivity contribution in [3.63, 3.8) is 0 Å². The average molecular weight is 400 g/mol. The van der Waals surface area contributed by atoms with Crippen molar-refractivity contribution in [2.75, 3.05) is 11.4 Å². The Hall–Kier alpha value is -3.26. The molecule has 8 nitrogen and oxygen atoms in total. The molecule has 2 aromatic rings. The summed E-state index contributed by atoms with van der Waals surface area (Å²) in [6, 6.07) is 9.56. The lowest BCUT2D eigenvalue weighted by atomic mass is 9.80. The summed E-state index contributed by atoms with van der Waals surface area (Å²) in [6.45, 7) is -0.681. The molecule has 28 heavy (non-hydrogen) atoms. The summed E-state index contributed by atoms with van der Waals surface area (Å²) in [5.74, 6) is -3.17. The minimum absolute atomic E-state index is 0.0671. The molecule has 3 amide bonds. The summed E-state index contributed by atoms with van der Waals surface area (Å²) >= 11 is 6.07. The first-order chi connectivity index (χ1) is 13.3. The molecule has 1 atom stereocenters. The van der Waals surface area contributed by atoms with E-state index in [9.17, 15) is 24.3 Å². The Balaban J connectivity index is 1.79. The Morgan fingerprint density at radius 1 is 1.14 bits per heavy atom. The third-order valence-corrected chi connectivity index (χ3v) is 5.22. The highest BCUT2D eigenvalue weighted by molar-refractivity contribution is 6.32. The van der Waals surface area contributed by atoms with Gasteiger partial charge in [-0.3, -0.25) is 34.0 Å². The van der Waals surface area contributed by atoms with E-state index in [0.29, 0.717) is 5.69 Å². The second kappa shape index (κ2) is 6.42. The van der Waals surface area contributed by atoms with Crippen molar-refractivity contribution in [1.82, 2.24) is 9.88 Å². The molecule has 1 aromatic carbocycles. The number of fused-ring (bicyclic) bond motifs is 2. The number of hydrogen-bond acceptors (Lipinski definition) is 5. The Morgan fingerprint density at radius 3 is 2.57 bits per heavy atom. The highest BCUT2D eigenvalue weighted by atomic mass is 35.5. The zero-order valence-corrected chi connectivity index (χ0v) is 15.2. The van der Waals surface area contributed by atoms with Gasteiger partial charge in [0.25, 0.3) is 0 Å². The number of halogens is 1. The first-order valence-corrected chi connectivity index (χ1v) is 8.81. The van der Waals surface area contributed by atoms with Gasteiger partial charge in [-0.1, -0.05) is 17.7 Å². The van der Waals surface area contributed by atoms with Crippen LogP contribution >= 0.6 is 11.6 Å². The lowest BCUT2D eigenvalue weighted by molar-refractivity contribution is -0.143. The van der Waals surface area contributed by atoms with Crippen LogP contribution in [0.15, 0.2) is 42.6 Å². The first kappa shape index (κ1) is 18.1. The number of hydrogen-bond donors (Lipinski definition) is 1. The van der Waals surface area contributed by atoms with Crippen molar-refractivity contribution in [3.8, 4) is 0 Å². The molecule has 0 radical (unpaired) electrons. The molecule has 3 heterocycles. The molecule has 2 aliphatic heterocycles. The van der Waals surface area contributed by atoms with E-state index in [4.69, 9.17) is 11.6 Å². The number of likely N-dealkylation sites (tertiary alicyclic amines) is 1. The fourth-order valence-electron chi connectivity index (χ4n) is 3.77. The molecule has 2 aliphatic rings. The number of rotatable bonds is 4. The Bertz CT molecular complexity index is 1030. The van der Waals surface area contributed by atoms with Gasteiger partial charge < -0.3 is 5.11 Å². The molecule has 1 N–H and O–H groups in total. The molecule has 1 unspecified atom stereocenters. The monoisotopic (exact) mass is 399 g/mol. The van der Waals surface area contributed by atoms with Crippen LogP contribution < -0.4 is 4.90 Å². The van der Waals surface area contributed by atoms with Gasteiger partial charge in [0, 0.05) is 22.5 Å². The van der Waals surface area contributed by atoms with Gasteiger partial charge in [0.05, 0.1) is 18.7 Å². The number of nitrogens with zero attached hydrogens (tertiary/aromatic N) is 3. The molecule has 0 aliphatic carbocycles. The van der Waals surface area contributed by atoms with Crippen LogP contribution in [0, 0.1) is 0 Å². The van der Waals surface area contributed by atoms with E-state index in [1.54, 1.807) is 24.4 Å². The molecule has 9 heteroatoms. The molecule has 142 valence electrons. The van der Waals surface area contributed by atoms with Gasteiger partial charge in [-0.2, -0.15) is 0 Å². The maximum atomic E-state index is 13.3. The molecule has 1 spiro atoms. The second-order valence-corrected chi connectivity index (χ2v) is 7.07. The number of benzene rings is 1. The van der Waals surface area contributed by atoms with Crippen molar-refractivity contribution >= 4 is 41.0 Å². The van der Waals surface area contributed by atoms with Crippen LogP contribution in [0.4, 0.5) is 5.69 Å². The Labute approximate surface area is 164 Å². The molecular weight excluding hydrogens is 386 g/mol. The predicted octanol–water partition coefficient (Wildman–Crippen LogP) is 1.36. The number of aliphatic carboxylic acids is 1. The standard InChI is InChI=1S/C19H14ClN3O5/c20-11-4-5-14-13(7-11)19(17(27)22(14)10-16(25)26)8-15(24)23(18(19)28)9-12-3-1-2-6-21-12/h1-7H,8-10H2,(H,25,26). The third-order valence-electron chi connectivity index (χ3n) is 4.99. The van der Waals surface area contributed by atoms with E-state index < -0.39 is 35.7 Å². The number of amides is 3. The second-order valence-electron chi connectivity index (χ2n) is 6.63. The van der Waals surface area contributed by atoms with E-state index in [0.717, 1.165) is 9.80 Å². The number of carboxylic acids is 1. The number of carboxylic acid groups (broad SMARTS) is 1. The van der Waals surface area contributed by atoms with E-state index in [2.05, 4.69) is 4.98 Å². The average Bonchev–Trinajstić information content (AvgIpc) is 3.03. The van der Waals surface area contributed by atoms with Crippen LogP contribution in [0.25, 0.3) is 0 Å². The van der Waals surface area contributed by atoms with Gasteiger partial charge in [0.2, 0.25) is 17.7 Å². The van der Waals surface area contributed by atoms with E-state index >= 15 is 0 Å². The summed E-state index contributed by atoms with van der Waals surface area (Å²) in [4.78, 5) is 56.5. The van der Waals surface area contributed by atoms with Crippen molar-refractivity contribution in [2.24, 2.45) is 0 Å².